The summed E-state index contributed by atoms with van der Waals surface area (Å²) in [6, 6.07) is 7.35. The van der Waals surface area contributed by atoms with Gasteiger partial charge in [-0.05, 0) is 12.1 Å². The van der Waals surface area contributed by atoms with Crippen molar-refractivity contribution in [1.29, 1.82) is 0 Å². The van der Waals surface area contributed by atoms with Crippen LogP contribution in [0.3, 0.4) is 0 Å². The molecule has 0 unspecified atom stereocenters. The Labute approximate surface area is 69.0 Å². The van der Waals surface area contributed by atoms with Gasteiger partial charge in [-0.15, -0.1) is 10.2 Å². The summed E-state index contributed by atoms with van der Waals surface area (Å²) < 4.78 is 5.00. The van der Waals surface area contributed by atoms with Crippen LogP contribution in [0.5, 0.6) is 0 Å². The van der Waals surface area contributed by atoms with E-state index >= 15 is 0 Å². The Balaban J connectivity index is 2.55. The summed E-state index contributed by atoms with van der Waals surface area (Å²) in [5.41, 5.74) is 7.10. The number of hydrogen-bond donors (Lipinski definition) is 1. The van der Waals surface area contributed by atoms with Crippen LogP contribution in [0.1, 0.15) is 0 Å². The molecule has 0 bridgehead atoms. The second-order valence-electron chi connectivity index (χ2n) is 2.33. The first kappa shape index (κ1) is 6.84. The first-order valence-corrected chi connectivity index (χ1v) is 3.49. The summed E-state index contributed by atoms with van der Waals surface area (Å²) in [4.78, 5) is 0. The van der Waals surface area contributed by atoms with E-state index in [1.54, 1.807) is 6.07 Å². The van der Waals surface area contributed by atoms with Gasteiger partial charge in [0.2, 0.25) is 12.3 Å². The highest BCUT2D eigenvalue weighted by Crippen LogP contribution is 2.22. The maximum atomic E-state index is 5.68. The van der Waals surface area contributed by atoms with Crippen molar-refractivity contribution in [2.75, 3.05) is 5.73 Å². The minimum absolute atomic E-state index is 0.452. The van der Waals surface area contributed by atoms with Crippen LogP contribution in [0.2, 0.25) is 0 Å². The second kappa shape index (κ2) is 2.65. The molecule has 0 saturated carbocycles. The van der Waals surface area contributed by atoms with Gasteiger partial charge in [-0.3, -0.25) is 0 Å². The second-order valence-corrected chi connectivity index (χ2v) is 2.33. The molecule has 4 nitrogen and oxygen atoms in total. The monoisotopic (exact) mass is 161 g/mol. The predicted molar refractivity (Wildman–Crippen MR) is 44.1 cm³/mol. The molecule has 2 rings (SSSR count). The van der Waals surface area contributed by atoms with E-state index in [1.165, 1.54) is 6.39 Å². The number of nitrogens with zero attached hydrogens (tertiary/aromatic N) is 2. The minimum Gasteiger partial charge on any atom is -0.423 e. The molecule has 0 aliphatic rings. The van der Waals surface area contributed by atoms with Gasteiger partial charge in [0.1, 0.15) is 0 Å². The smallest absolute Gasteiger partial charge is 0.249 e. The lowest BCUT2D eigenvalue weighted by Crippen LogP contribution is -1.88. The molecule has 1 aromatic carbocycles. The average molecular weight is 161 g/mol. The van der Waals surface area contributed by atoms with Gasteiger partial charge in [0.15, 0.2) is 0 Å². The Kier molecular flexibility index (Phi) is 1.51. The van der Waals surface area contributed by atoms with Crippen LogP contribution in [0.25, 0.3) is 11.5 Å². The Morgan fingerprint density at radius 1 is 1.25 bits per heavy atom. The van der Waals surface area contributed by atoms with Gasteiger partial charge in [-0.1, -0.05) is 12.1 Å². The molecule has 4 heteroatoms. The zero-order valence-electron chi connectivity index (χ0n) is 6.27. The van der Waals surface area contributed by atoms with E-state index in [0.29, 0.717) is 11.6 Å². The van der Waals surface area contributed by atoms with Crippen LogP contribution in [-0.2, 0) is 0 Å². The van der Waals surface area contributed by atoms with Crippen LogP contribution in [0.4, 0.5) is 5.69 Å². The molecule has 1 heterocycles. The molecule has 12 heavy (non-hydrogen) atoms. The van der Waals surface area contributed by atoms with Crippen molar-refractivity contribution in [3.63, 3.8) is 0 Å². The number of anilines is 1. The highest BCUT2D eigenvalue weighted by Gasteiger charge is 2.05. The maximum Gasteiger partial charge on any atom is 0.249 e. The van der Waals surface area contributed by atoms with Crippen LogP contribution < -0.4 is 5.73 Å². The molecule has 0 atom stereocenters. The topological polar surface area (TPSA) is 64.9 Å². The number of nitrogens with two attached hydrogens (primary N) is 1. The lowest BCUT2D eigenvalue weighted by Gasteiger charge is -1.97. The van der Waals surface area contributed by atoms with Crippen LogP contribution in [0, 0.1) is 0 Å². The standard InChI is InChI=1S/C8H7N3O/c9-7-4-2-1-3-6(7)8-11-10-5-12-8/h1-5H,9H2. The number of nitrogen functional groups attached to an aromatic ring is 1. The summed E-state index contributed by atoms with van der Waals surface area (Å²) in [6.07, 6.45) is 1.28. The largest absolute Gasteiger partial charge is 0.423 e. The van der Waals surface area contributed by atoms with Gasteiger partial charge in [0, 0.05) is 5.69 Å². The molecule has 0 fully saturated rings. The first-order valence-electron chi connectivity index (χ1n) is 3.49. The SMILES string of the molecule is Nc1ccccc1-c1nnco1. The summed E-state index contributed by atoms with van der Waals surface area (Å²) in [6.45, 7) is 0. The number of rotatable bonds is 1. The third-order valence-corrected chi connectivity index (χ3v) is 1.55. The van der Waals surface area contributed by atoms with Crippen LogP contribution in [0.15, 0.2) is 35.1 Å². The summed E-state index contributed by atoms with van der Waals surface area (Å²) in [7, 11) is 0. The number of benzene rings is 1. The summed E-state index contributed by atoms with van der Waals surface area (Å²) in [5, 5.41) is 7.32. The van der Waals surface area contributed by atoms with E-state index in [2.05, 4.69) is 10.2 Å². The van der Waals surface area contributed by atoms with E-state index in [9.17, 15) is 0 Å². The van der Waals surface area contributed by atoms with E-state index in [-0.39, 0.29) is 0 Å². The molecule has 2 aromatic rings. The molecule has 0 amide bonds. The normalized spacial score (nSPS) is 10.0. The third-order valence-electron chi connectivity index (χ3n) is 1.55. The Bertz CT molecular complexity index is 370. The quantitative estimate of drug-likeness (QED) is 0.640. The Morgan fingerprint density at radius 3 is 2.75 bits per heavy atom. The molecule has 0 aliphatic carbocycles. The first-order chi connectivity index (χ1) is 5.88. The van der Waals surface area contributed by atoms with Crippen molar-refractivity contribution in [3.8, 4) is 11.5 Å². The van der Waals surface area contributed by atoms with Gasteiger partial charge in [-0.2, -0.15) is 0 Å². The predicted octanol–water partition coefficient (Wildman–Crippen LogP) is 1.32. The lowest BCUT2D eigenvalue weighted by atomic mass is 10.2. The van der Waals surface area contributed by atoms with Crippen molar-refractivity contribution in [2.24, 2.45) is 0 Å². The van der Waals surface area contributed by atoms with Crippen LogP contribution >= 0.6 is 0 Å². The average Bonchev–Trinajstić information content (AvgIpc) is 2.57. The van der Waals surface area contributed by atoms with Gasteiger partial charge >= 0.3 is 0 Å². The highest BCUT2D eigenvalue weighted by atomic mass is 16.4. The third kappa shape index (κ3) is 1.03. The molecule has 0 aliphatic heterocycles. The van der Waals surface area contributed by atoms with Gasteiger partial charge < -0.3 is 10.2 Å². The summed E-state index contributed by atoms with van der Waals surface area (Å²) in [5.74, 6) is 0.452. The highest BCUT2D eigenvalue weighted by molar-refractivity contribution is 5.69. The van der Waals surface area contributed by atoms with Crippen molar-refractivity contribution in [1.82, 2.24) is 10.2 Å². The van der Waals surface area contributed by atoms with E-state index in [0.717, 1.165) is 5.56 Å². The van der Waals surface area contributed by atoms with Crippen molar-refractivity contribution in [2.45, 2.75) is 0 Å². The lowest BCUT2D eigenvalue weighted by molar-refractivity contribution is 0.569. The van der Waals surface area contributed by atoms with Gasteiger partial charge in [0.25, 0.3) is 0 Å². The fourth-order valence-corrected chi connectivity index (χ4v) is 0.982. The minimum atomic E-state index is 0.452. The van der Waals surface area contributed by atoms with Gasteiger partial charge in [-0.25, -0.2) is 0 Å². The maximum absolute atomic E-state index is 5.68. The number of aromatic nitrogens is 2. The van der Waals surface area contributed by atoms with E-state index < -0.39 is 0 Å². The van der Waals surface area contributed by atoms with Crippen molar-refractivity contribution >= 4 is 5.69 Å². The van der Waals surface area contributed by atoms with Crippen LogP contribution in [-0.4, -0.2) is 10.2 Å². The molecule has 0 spiro atoms. The molecule has 1 aromatic heterocycles. The molecule has 60 valence electrons. The fourth-order valence-electron chi connectivity index (χ4n) is 0.982. The molecule has 0 saturated heterocycles. The zero-order chi connectivity index (χ0) is 8.39. The summed E-state index contributed by atoms with van der Waals surface area (Å²) >= 11 is 0. The van der Waals surface area contributed by atoms with Gasteiger partial charge in [0.05, 0.1) is 5.56 Å². The molecular weight excluding hydrogens is 154 g/mol. The number of para-hydroxylation sites is 1. The Morgan fingerprint density at radius 2 is 2.08 bits per heavy atom. The van der Waals surface area contributed by atoms with Crippen molar-refractivity contribution in [3.05, 3.63) is 30.7 Å². The zero-order valence-corrected chi connectivity index (χ0v) is 6.27. The fraction of sp³-hybridized carbons (Fsp3) is 0. The van der Waals surface area contributed by atoms with E-state index in [4.69, 9.17) is 10.2 Å². The molecule has 0 radical (unpaired) electrons. The van der Waals surface area contributed by atoms with E-state index in [1.807, 2.05) is 18.2 Å². The molecule has 2 N–H and O–H groups in total. The van der Waals surface area contributed by atoms with Crippen molar-refractivity contribution < 1.29 is 4.42 Å². The molecular formula is C8H7N3O. The Hall–Kier alpha value is -1.84. The number of hydrogen-bond acceptors (Lipinski definition) is 4.